The molecule has 7 unspecified atom stereocenters. The highest BCUT2D eigenvalue weighted by atomic mass is 31.2. The zero-order valence-corrected chi connectivity index (χ0v) is 69.9. The second-order valence-electron chi connectivity index (χ2n) is 21.4. The molecule has 49 nitrogen and oxygen atoms in total. The van der Waals surface area contributed by atoms with E-state index in [9.17, 15) is 57.0 Å². The van der Waals surface area contributed by atoms with E-state index < -0.39 is 72.4 Å². The van der Waals surface area contributed by atoms with Crippen LogP contribution >= 0.6 is 46.9 Å². The molecule has 0 rings (SSSR count). The van der Waals surface area contributed by atoms with Gasteiger partial charge in [0.05, 0.1) is 357 Å². The van der Waals surface area contributed by atoms with E-state index >= 15 is 0 Å². The molecule has 0 spiro atoms. The number of ether oxygens (including phenoxy) is 22. The number of phosphoric acid groups is 6. The number of hydrogen-bond acceptors (Lipinski definition) is 42. The van der Waals surface area contributed by atoms with Crippen LogP contribution in [0.4, 0.5) is 0 Å². The largest absolute Gasteiger partial charge is 0.472 e. The molecular weight excluding hydrogens is 1660 g/mol. The molecule has 10 N–H and O–H groups in total. The molecule has 113 heavy (non-hydrogen) atoms. The Balaban J connectivity index is 3.45. The van der Waals surface area contributed by atoms with Crippen LogP contribution in [0.2, 0.25) is 0 Å². The minimum absolute atomic E-state index is 0.0157. The molecule has 7 atom stereocenters. The van der Waals surface area contributed by atoms with Gasteiger partial charge in [-0.3, -0.25) is 60.4 Å². The fourth-order valence-corrected chi connectivity index (χ4v) is 11.3. The highest BCUT2D eigenvalue weighted by molar-refractivity contribution is 7.48. The number of rotatable bonds is 96. The summed E-state index contributed by atoms with van der Waals surface area (Å²) in [6, 6.07) is 0. The first-order chi connectivity index (χ1) is 54.5. The highest BCUT2D eigenvalue weighted by Crippen LogP contribution is 2.47. The van der Waals surface area contributed by atoms with Crippen LogP contribution in [0.25, 0.3) is 0 Å². The van der Waals surface area contributed by atoms with Crippen LogP contribution in [0.1, 0.15) is 0 Å². The first kappa shape index (κ1) is 113. The van der Waals surface area contributed by atoms with Crippen molar-refractivity contribution in [3.8, 4) is 0 Å². The summed E-state index contributed by atoms with van der Waals surface area (Å²) in [4.78, 5) is 67.1. The molecule has 0 saturated carbocycles. The van der Waals surface area contributed by atoms with Crippen molar-refractivity contribution in [2.45, 2.75) is 12.2 Å². The molecule has 0 aromatic heterocycles. The Morgan fingerprint density at radius 1 is 0.204 bits per heavy atom. The molecule has 0 amide bonds. The third-order valence-corrected chi connectivity index (χ3v) is 17.8. The number of nitrogens with one attached hydrogen (secondary N) is 2. The lowest BCUT2D eigenvalue weighted by atomic mass is 10.4. The van der Waals surface area contributed by atoms with E-state index in [1.807, 2.05) is 0 Å². The van der Waals surface area contributed by atoms with Crippen molar-refractivity contribution in [2.24, 2.45) is 0 Å². The van der Waals surface area contributed by atoms with Gasteiger partial charge in [-0.15, -0.1) is 0 Å². The Kier molecular flexibility index (Phi) is 79.9. The number of phosphoric ester groups is 6. The van der Waals surface area contributed by atoms with Gasteiger partial charge in [-0.25, -0.2) is 27.4 Å². The zero-order valence-electron chi connectivity index (χ0n) is 64.5. The molecule has 680 valence electrons. The third kappa shape index (κ3) is 87.8. The van der Waals surface area contributed by atoms with Gasteiger partial charge in [0.15, 0.2) is 0 Å². The average Bonchev–Trinajstić information content (AvgIpc) is 0.913. The Bertz CT molecular complexity index is 2370. The van der Waals surface area contributed by atoms with E-state index in [2.05, 4.69) is 15.2 Å². The standard InChI is InChI=1S/C58H126N2O47P6/c1-59-55-95-52-57(51-61)107-113(73,74)104-50-42-94-34-26-86-18-10-78-8-16-84-24-32-92-40-48-102-111(69,70)100-46-38-90-30-22-82-14-6-76-4-12-80-20-28-88-36-44-98-109(65,66)97-43-35-87-27-19-79-11-3-75-5-13-81-21-29-89-37-45-99-110(67,68)101-47-39-91-31-23-83-15-7-77-9-17-85-25-33-93-41-49-103-112(71,72)105-54-58(53-96-56-60-2)106-108(62,63)64/h57-61H,3-56H2,1-2H3,(H,65,66)(H,67,68)(H,69,70)(H,71,72)(H,73,74)(H2,62,63,64). The van der Waals surface area contributed by atoms with Crippen LogP contribution < -0.4 is 10.6 Å². The third-order valence-electron chi connectivity index (χ3n) is 12.1. The van der Waals surface area contributed by atoms with Crippen LogP contribution in [0.15, 0.2) is 0 Å². The first-order valence-electron chi connectivity index (χ1n) is 35.9. The maximum Gasteiger partial charge on any atom is 0.472 e. The van der Waals surface area contributed by atoms with Gasteiger partial charge in [-0.1, -0.05) is 0 Å². The molecule has 0 aliphatic carbocycles. The topological polar surface area (TPSA) is 593 Å². The predicted molar refractivity (Wildman–Crippen MR) is 388 cm³/mol. The lowest BCUT2D eigenvalue weighted by Crippen LogP contribution is -2.27. The molecule has 0 heterocycles. The summed E-state index contributed by atoms with van der Waals surface area (Å²) in [5.41, 5.74) is 0. The molecule has 0 radical (unpaired) electrons. The fourth-order valence-electron chi connectivity index (χ4n) is 7.17. The second-order valence-corrected chi connectivity index (χ2v) is 29.8. The number of aliphatic hydroxyl groups is 1. The normalized spacial score (nSPS) is 15.5. The molecule has 55 heteroatoms. The van der Waals surface area contributed by atoms with Gasteiger partial charge in [0.2, 0.25) is 0 Å². The van der Waals surface area contributed by atoms with E-state index in [0.717, 1.165) is 0 Å². The van der Waals surface area contributed by atoms with E-state index in [1.165, 1.54) is 0 Å². The van der Waals surface area contributed by atoms with E-state index in [0.29, 0.717) is 79.3 Å². The quantitative estimate of drug-likeness (QED) is 0.0203. The van der Waals surface area contributed by atoms with Crippen LogP contribution in [-0.4, -0.2) is 423 Å². The van der Waals surface area contributed by atoms with Gasteiger partial charge < -0.3 is 144 Å². The van der Waals surface area contributed by atoms with Crippen LogP contribution in [0.3, 0.4) is 0 Å². The van der Waals surface area contributed by atoms with E-state index in [1.54, 1.807) is 14.1 Å². The van der Waals surface area contributed by atoms with Crippen molar-refractivity contribution < 1.29 is 221 Å². The highest BCUT2D eigenvalue weighted by Gasteiger charge is 2.30. The maximum absolute atomic E-state index is 12.1. The second kappa shape index (κ2) is 80.1. The summed E-state index contributed by atoms with van der Waals surface area (Å²) < 4.78 is 242. The summed E-state index contributed by atoms with van der Waals surface area (Å²) in [5.74, 6) is 0. The Hall–Kier alpha value is -0.340. The maximum atomic E-state index is 12.1. The van der Waals surface area contributed by atoms with Gasteiger partial charge in [-0.2, -0.15) is 0 Å². The van der Waals surface area contributed by atoms with E-state index in [-0.39, 0.29) is 265 Å². The van der Waals surface area contributed by atoms with Crippen molar-refractivity contribution in [1.29, 1.82) is 0 Å². The van der Waals surface area contributed by atoms with Crippen molar-refractivity contribution in [2.75, 3.05) is 371 Å². The Labute approximate surface area is 659 Å². The Morgan fingerprint density at radius 2 is 0.363 bits per heavy atom. The number of hydrogen-bond donors (Lipinski definition) is 10. The number of aliphatic hydroxyl groups excluding tert-OH is 1. The molecular formula is C58H126N2O47P6. The van der Waals surface area contributed by atoms with E-state index in [4.69, 9.17) is 159 Å². The van der Waals surface area contributed by atoms with Crippen molar-refractivity contribution in [3.63, 3.8) is 0 Å². The van der Waals surface area contributed by atoms with Crippen LogP contribution in [-0.2, 0) is 181 Å². The molecule has 0 saturated heterocycles. The van der Waals surface area contributed by atoms with Crippen molar-refractivity contribution in [3.05, 3.63) is 0 Å². The van der Waals surface area contributed by atoms with Crippen LogP contribution in [0.5, 0.6) is 0 Å². The summed E-state index contributed by atoms with van der Waals surface area (Å²) in [6.45, 7) is 5.38. The Morgan fingerprint density at radius 3 is 0.531 bits per heavy atom. The molecule has 0 aromatic carbocycles. The molecule has 0 aromatic rings. The monoisotopic (exact) mass is 1790 g/mol. The minimum atomic E-state index is -4.92. The lowest BCUT2D eigenvalue weighted by Gasteiger charge is -2.20. The van der Waals surface area contributed by atoms with Gasteiger partial charge in [-0.05, 0) is 14.1 Å². The zero-order chi connectivity index (χ0) is 83.1. The molecule has 0 aliphatic heterocycles. The molecule has 0 fully saturated rings. The summed E-state index contributed by atoms with van der Waals surface area (Å²) in [5, 5.41) is 14.6. The average molecular weight is 1790 g/mol. The summed E-state index contributed by atoms with van der Waals surface area (Å²) >= 11 is 0. The first-order valence-corrected chi connectivity index (χ1v) is 44.9. The lowest BCUT2D eigenvalue weighted by molar-refractivity contribution is -0.0196. The summed E-state index contributed by atoms with van der Waals surface area (Å²) in [6.07, 6.45) is -2.37. The predicted octanol–water partition coefficient (Wildman–Crippen LogP) is -0.788. The van der Waals surface area contributed by atoms with Crippen LogP contribution in [0, 0.1) is 0 Å². The van der Waals surface area contributed by atoms with Gasteiger partial charge >= 0.3 is 46.9 Å². The van der Waals surface area contributed by atoms with Gasteiger partial charge in [0.25, 0.3) is 0 Å². The SMILES string of the molecule is CNCOCC(COP(=O)(O)OCCOCCOCCOCCOCCOCCOP(=O)(O)OCCOCCOCCOCCOCCOCCOP(=O)(O)OCCOCCOCCOCCOCCOCCOP(=O)(O)OCCOCCOCCOCCOCCOCCOP(=O)(O)OC(CO)COCNC)OP(=O)(O)O. The smallest absolute Gasteiger partial charge is 0.394 e. The van der Waals surface area contributed by atoms with Crippen molar-refractivity contribution >= 4 is 46.9 Å². The van der Waals surface area contributed by atoms with Crippen molar-refractivity contribution in [1.82, 2.24) is 10.6 Å². The summed E-state index contributed by atoms with van der Waals surface area (Å²) in [7, 11) is -23.6. The van der Waals surface area contributed by atoms with Gasteiger partial charge in [0, 0.05) is 0 Å². The fraction of sp³-hybridized carbons (Fsp3) is 1.00. The molecule has 0 aliphatic rings. The minimum Gasteiger partial charge on any atom is -0.394 e. The molecule has 0 bridgehead atoms. The van der Waals surface area contributed by atoms with Gasteiger partial charge in [0.1, 0.15) is 12.2 Å².